The Bertz CT molecular complexity index is 819. The summed E-state index contributed by atoms with van der Waals surface area (Å²) in [6, 6.07) is 5.81. The molecule has 138 valence electrons. The second-order valence-electron chi connectivity index (χ2n) is 6.19. The van der Waals surface area contributed by atoms with Crippen LogP contribution < -0.4 is 5.32 Å². The first-order valence-corrected chi connectivity index (χ1v) is 8.08. The van der Waals surface area contributed by atoms with Gasteiger partial charge >= 0.3 is 11.9 Å². The number of nitrogens with one attached hydrogen (secondary N) is 1. The molecule has 0 aliphatic carbocycles. The van der Waals surface area contributed by atoms with E-state index in [1.165, 1.54) is 18.2 Å². The van der Waals surface area contributed by atoms with E-state index in [1.807, 2.05) is 0 Å². The van der Waals surface area contributed by atoms with Crippen LogP contribution in [0, 0.1) is 16.0 Å². The summed E-state index contributed by atoms with van der Waals surface area (Å²) in [6.45, 7) is 2.95. The van der Waals surface area contributed by atoms with E-state index in [-0.39, 0.29) is 35.7 Å². The van der Waals surface area contributed by atoms with Crippen molar-refractivity contribution in [3.05, 3.63) is 51.2 Å². The number of esters is 2. The van der Waals surface area contributed by atoms with Crippen molar-refractivity contribution in [1.29, 1.82) is 0 Å². The standard InChI is InChI=1S/C17H18N2O7/c1-3-25-15(20)12-9(2)18-17(22)8-26-16(21)14(17)13(12)10-6-4-5-7-11(10)19(23)24/h4-7,13-14,18,22H,3,8H2,1-2H3/t13-,14-,17-/m1/s1. The molecule has 2 aliphatic heterocycles. The van der Waals surface area contributed by atoms with Crippen molar-refractivity contribution in [2.24, 2.45) is 5.92 Å². The summed E-state index contributed by atoms with van der Waals surface area (Å²) in [6.07, 6.45) is 0. The molecule has 2 heterocycles. The number of hydrogen-bond acceptors (Lipinski definition) is 8. The number of fused-ring (bicyclic) bond motifs is 1. The first-order valence-electron chi connectivity index (χ1n) is 8.08. The zero-order chi connectivity index (χ0) is 19.1. The van der Waals surface area contributed by atoms with Gasteiger partial charge in [0.1, 0.15) is 12.5 Å². The third-order valence-electron chi connectivity index (χ3n) is 4.62. The Hall–Kier alpha value is -2.94. The highest BCUT2D eigenvalue weighted by Gasteiger charge is 2.59. The fourth-order valence-corrected chi connectivity index (χ4v) is 3.61. The minimum atomic E-state index is -1.76. The van der Waals surface area contributed by atoms with Crippen LogP contribution in [-0.4, -0.2) is 40.9 Å². The molecule has 1 fully saturated rings. The molecule has 9 heteroatoms. The van der Waals surface area contributed by atoms with Crippen molar-refractivity contribution in [2.45, 2.75) is 25.5 Å². The number of carbonyl (C=O) groups excluding carboxylic acids is 2. The molecule has 1 aromatic carbocycles. The number of nitrogens with zero attached hydrogens (tertiary/aromatic N) is 1. The van der Waals surface area contributed by atoms with Crippen LogP contribution in [0.25, 0.3) is 0 Å². The third kappa shape index (κ3) is 2.70. The number of nitro benzene ring substituents is 1. The highest BCUT2D eigenvalue weighted by molar-refractivity contribution is 5.94. The molecule has 0 aromatic heterocycles. The van der Waals surface area contributed by atoms with Crippen LogP contribution in [0.5, 0.6) is 0 Å². The molecular weight excluding hydrogens is 344 g/mol. The lowest BCUT2D eigenvalue weighted by Gasteiger charge is -2.39. The van der Waals surface area contributed by atoms with Gasteiger partial charge in [-0.1, -0.05) is 18.2 Å². The van der Waals surface area contributed by atoms with E-state index in [1.54, 1.807) is 19.9 Å². The van der Waals surface area contributed by atoms with Gasteiger partial charge in [0.25, 0.3) is 5.69 Å². The number of aliphatic hydroxyl groups is 1. The Morgan fingerprint density at radius 1 is 1.50 bits per heavy atom. The van der Waals surface area contributed by atoms with E-state index in [9.17, 15) is 24.8 Å². The number of rotatable bonds is 4. The Morgan fingerprint density at radius 3 is 2.85 bits per heavy atom. The summed E-state index contributed by atoms with van der Waals surface area (Å²) in [4.78, 5) is 35.8. The Labute approximate surface area is 148 Å². The molecule has 0 unspecified atom stereocenters. The average Bonchev–Trinajstić information content (AvgIpc) is 2.88. The number of ether oxygens (including phenoxy) is 2. The number of allylic oxidation sites excluding steroid dienone is 1. The largest absolute Gasteiger partial charge is 0.463 e. The summed E-state index contributed by atoms with van der Waals surface area (Å²) in [5, 5.41) is 25.1. The molecule has 3 rings (SSSR count). The molecular formula is C17H18N2O7. The van der Waals surface area contributed by atoms with Gasteiger partial charge in [0.2, 0.25) is 0 Å². The SMILES string of the molecule is CCOC(=O)C1=C(C)N[C@@]2(O)COC(=O)[C@H]2[C@@H]1c1ccccc1[N+](=O)[O-]. The molecule has 2 N–H and O–H groups in total. The van der Waals surface area contributed by atoms with Gasteiger partial charge in [0, 0.05) is 23.2 Å². The fourth-order valence-electron chi connectivity index (χ4n) is 3.61. The van der Waals surface area contributed by atoms with Gasteiger partial charge < -0.3 is 19.9 Å². The molecule has 26 heavy (non-hydrogen) atoms. The quantitative estimate of drug-likeness (QED) is 0.461. The normalized spacial score (nSPS) is 27.4. The number of cyclic esters (lactones) is 1. The molecule has 2 aliphatic rings. The summed E-state index contributed by atoms with van der Waals surface area (Å²) in [5.41, 5.74) is -1.52. The topological polar surface area (TPSA) is 128 Å². The molecule has 0 radical (unpaired) electrons. The minimum Gasteiger partial charge on any atom is -0.463 e. The maximum Gasteiger partial charge on any atom is 0.336 e. The molecule has 0 spiro atoms. The maximum absolute atomic E-state index is 12.5. The zero-order valence-electron chi connectivity index (χ0n) is 14.2. The molecule has 0 amide bonds. The van der Waals surface area contributed by atoms with Gasteiger partial charge in [-0.25, -0.2) is 4.79 Å². The molecule has 0 bridgehead atoms. The first kappa shape index (κ1) is 17.9. The molecule has 0 saturated carbocycles. The number of carbonyl (C=O) groups is 2. The van der Waals surface area contributed by atoms with Crippen LogP contribution in [0.2, 0.25) is 0 Å². The second kappa shape index (κ2) is 6.41. The molecule has 1 aromatic rings. The van der Waals surface area contributed by atoms with E-state index < -0.39 is 34.4 Å². The van der Waals surface area contributed by atoms with Crippen LogP contribution in [0.1, 0.15) is 25.3 Å². The van der Waals surface area contributed by atoms with Crippen molar-refractivity contribution in [2.75, 3.05) is 13.2 Å². The van der Waals surface area contributed by atoms with Gasteiger partial charge in [-0.15, -0.1) is 0 Å². The highest BCUT2D eigenvalue weighted by Crippen LogP contribution is 2.48. The van der Waals surface area contributed by atoms with Crippen molar-refractivity contribution in [3.8, 4) is 0 Å². The number of benzene rings is 1. The predicted molar refractivity (Wildman–Crippen MR) is 87.7 cm³/mol. The van der Waals surface area contributed by atoms with Crippen LogP contribution in [0.4, 0.5) is 5.69 Å². The lowest BCUT2D eigenvalue weighted by molar-refractivity contribution is -0.385. The van der Waals surface area contributed by atoms with Crippen LogP contribution in [-0.2, 0) is 19.1 Å². The van der Waals surface area contributed by atoms with Crippen molar-refractivity contribution >= 4 is 17.6 Å². The van der Waals surface area contributed by atoms with Gasteiger partial charge in [0.15, 0.2) is 5.72 Å². The van der Waals surface area contributed by atoms with Gasteiger partial charge in [-0.2, -0.15) is 0 Å². The van der Waals surface area contributed by atoms with E-state index >= 15 is 0 Å². The third-order valence-corrected chi connectivity index (χ3v) is 4.62. The Kier molecular flexibility index (Phi) is 4.41. The van der Waals surface area contributed by atoms with Crippen molar-refractivity contribution in [3.63, 3.8) is 0 Å². The monoisotopic (exact) mass is 362 g/mol. The Balaban J connectivity index is 2.25. The van der Waals surface area contributed by atoms with Crippen LogP contribution in [0.15, 0.2) is 35.5 Å². The predicted octanol–water partition coefficient (Wildman–Crippen LogP) is 0.980. The number of nitro groups is 1. The van der Waals surface area contributed by atoms with Gasteiger partial charge in [-0.05, 0) is 13.8 Å². The number of hydrogen-bond donors (Lipinski definition) is 2. The summed E-state index contributed by atoms with van der Waals surface area (Å²) in [7, 11) is 0. The smallest absolute Gasteiger partial charge is 0.336 e. The second-order valence-corrected chi connectivity index (χ2v) is 6.19. The summed E-state index contributed by atoms with van der Waals surface area (Å²) < 4.78 is 10.1. The van der Waals surface area contributed by atoms with Crippen LogP contribution in [0.3, 0.4) is 0 Å². The average molecular weight is 362 g/mol. The zero-order valence-corrected chi connectivity index (χ0v) is 14.2. The van der Waals surface area contributed by atoms with E-state index in [2.05, 4.69) is 5.32 Å². The summed E-state index contributed by atoms with van der Waals surface area (Å²) >= 11 is 0. The van der Waals surface area contributed by atoms with E-state index in [0.717, 1.165) is 0 Å². The molecule has 3 atom stereocenters. The van der Waals surface area contributed by atoms with Crippen molar-refractivity contribution in [1.82, 2.24) is 5.32 Å². The fraction of sp³-hybridized carbons (Fsp3) is 0.412. The van der Waals surface area contributed by atoms with E-state index in [0.29, 0.717) is 0 Å². The Morgan fingerprint density at radius 2 is 2.19 bits per heavy atom. The lowest BCUT2D eigenvalue weighted by Crippen LogP contribution is -2.57. The summed E-state index contributed by atoms with van der Waals surface area (Å²) in [5.74, 6) is -3.73. The van der Waals surface area contributed by atoms with E-state index in [4.69, 9.17) is 9.47 Å². The van der Waals surface area contributed by atoms with Gasteiger partial charge in [-0.3, -0.25) is 14.9 Å². The lowest BCUT2D eigenvalue weighted by atomic mass is 9.72. The molecule has 9 nitrogen and oxygen atoms in total. The van der Waals surface area contributed by atoms with Crippen LogP contribution >= 0.6 is 0 Å². The maximum atomic E-state index is 12.5. The first-order chi connectivity index (χ1) is 12.3. The minimum absolute atomic E-state index is 0.0645. The highest BCUT2D eigenvalue weighted by atomic mass is 16.6. The number of para-hydroxylation sites is 1. The molecule has 1 saturated heterocycles. The van der Waals surface area contributed by atoms with Gasteiger partial charge in [0.05, 0.1) is 17.1 Å². The van der Waals surface area contributed by atoms with Crippen molar-refractivity contribution < 1.29 is 29.1 Å².